The molecule has 1 aliphatic heterocycles. The van der Waals surface area contributed by atoms with Crippen LogP contribution in [-0.2, 0) is 14.6 Å². The second-order valence-corrected chi connectivity index (χ2v) is 6.31. The number of rotatable bonds is 3. The molecular formula is C9H17NO3S. The Hall–Kier alpha value is -0.420. The lowest BCUT2D eigenvalue weighted by molar-refractivity contribution is -0.125. The standard InChI is InChI=1S/C9H17NO3S/c1-8-7-10(4-3-9(8)11)5-6-14(2,12)13/h8H,3-7H2,1-2H3. The lowest BCUT2D eigenvalue weighted by atomic mass is 9.99. The summed E-state index contributed by atoms with van der Waals surface area (Å²) >= 11 is 0. The summed E-state index contributed by atoms with van der Waals surface area (Å²) in [5, 5.41) is 0. The Morgan fingerprint density at radius 1 is 1.50 bits per heavy atom. The fourth-order valence-electron chi connectivity index (χ4n) is 1.59. The Bertz CT molecular complexity index is 310. The Morgan fingerprint density at radius 2 is 2.14 bits per heavy atom. The summed E-state index contributed by atoms with van der Waals surface area (Å²) in [6.45, 7) is 3.86. The molecule has 82 valence electrons. The van der Waals surface area contributed by atoms with Crippen LogP contribution in [0, 0.1) is 5.92 Å². The second-order valence-electron chi connectivity index (χ2n) is 4.05. The highest BCUT2D eigenvalue weighted by molar-refractivity contribution is 7.90. The van der Waals surface area contributed by atoms with Gasteiger partial charge in [0.15, 0.2) is 0 Å². The number of hydrogen-bond donors (Lipinski definition) is 0. The minimum absolute atomic E-state index is 0.0586. The molecular weight excluding hydrogens is 202 g/mol. The summed E-state index contributed by atoms with van der Waals surface area (Å²) in [6, 6.07) is 0. The van der Waals surface area contributed by atoms with E-state index < -0.39 is 9.84 Å². The van der Waals surface area contributed by atoms with Crippen LogP contribution in [0.25, 0.3) is 0 Å². The number of ketones is 1. The first-order chi connectivity index (χ1) is 6.38. The molecule has 1 saturated heterocycles. The number of carbonyl (C=O) groups is 1. The Kier molecular flexibility index (Phi) is 3.66. The number of likely N-dealkylation sites (tertiary alicyclic amines) is 1. The molecule has 14 heavy (non-hydrogen) atoms. The molecule has 4 nitrogen and oxygen atoms in total. The summed E-state index contributed by atoms with van der Waals surface area (Å²) in [7, 11) is -2.88. The normalized spacial score (nSPS) is 25.3. The molecule has 1 atom stereocenters. The monoisotopic (exact) mass is 219 g/mol. The Balaban J connectivity index is 2.37. The second kappa shape index (κ2) is 4.40. The van der Waals surface area contributed by atoms with Gasteiger partial charge in [0.05, 0.1) is 5.75 Å². The third-order valence-corrected chi connectivity index (χ3v) is 3.46. The van der Waals surface area contributed by atoms with Gasteiger partial charge < -0.3 is 4.90 Å². The summed E-state index contributed by atoms with van der Waals surface area (Å²) in [4.78, 5) is 13.2. The highest BCUT2D eigenvalue weighted by Crippen LogP contribution is 2.11. The van der Waals surface area contributed by atoms with E-state index >= 15 is 0 Å². The van der Waals surface area contributed by atoms with E-state index in [0.29, 0.717) is 31.8 Å². The molecule has 0 aliphatic carbocycles. The van der Waals surface area contributed by atoms with Crippen molar-refractivity contribution in [3.05, 3.63) is 0 Å². The molecule has 0 spiro atoms. The summed E-state index contributed by atoms with van der Waals surface area (Å²) in [5.74, 6) is 0.539. The zero-order valence-electron chi connectivity index (χ0n) is 8.69. The van der Waals surface area contributed by atoms with Gasteiger partial charge >= 0.3 is 0 Å². The Morgan fingerprint density at radius 3 is 2.64 bits per heavy atom. The number of piperidine rings is 1. The first-order valence-corrected chi connectivity index (χ1v) is 6.87. The third kappa shape index (κ3) is 3.75. The fraction of sp³-hybridized carbons (Fsp3) is 0.889. The third-order valence-electron chi connectivity index (χ3n) is 2.53. The van der Waals surface area contributed by atoms with Crippen molar-refractivity contribution in [1.82, 2.24) is 4.90 Å². The average Bonchev–Trinajstić information content (AvgIpc) is 2.06. The zero-order valence-corrected chi connectivity index (χ0v) is 9.51. The van der Waals surface area contributed by atoms with E-state index in [2.05, 4.69) is 0 Å². The molecule has 1 aliphatic rings. The van der Waals surface area contributed by atoms with Crippen LogP contribution in [0.2, 0.25) is 0 Å². The molecule has 0 aromatic rings. The number of sulfone groups is 1. The van der Waals surface area contributed by atoms with Gasteiger partial charge in [-0.3, -0.25) is 4.79 Å². The van der Waals surface area contributed by atoms with Crippen LogP contribution in [0.15, 0.2) is 0 Å². The summed E-state index contributed by atoms with van der Waals surface area (Å²) < 4.78 is 21.9. The zero-order chi connectivity index (χ0) is 10.8. The van der Waals surface area contributed by atoms with Crippen molar-refractivity contribution in [2.24, 2.45) is 5.92 Å². The van der Waals surface area contributed by atoms with Gasteiger partial charge in [-0.15, -0.1) is 0 Å². The van der Waals surface area contributed by atoms with E-state index in [1.54, 1.807) is 0 Å². The highest BCUT2D eigenvalue weighted by Gasteiger charge is 2.23. The van der Waals surface area contributed by atoms with Crippen LogP contribution >= 0.6 is 0 Å². The Labute approximate surface area is 85.2 Å². The van der Waals surface area contributed by atoms with Crippen LogP contribution in [-0.4, -0.2) is 50.7 Å². The average molecular weight is 219 g/mol. The molecule has 0 radical (unpaired) electrons. The molecule has 1 fully saturated rings. The van der Waals surface area contributed by atoms with Gasteiger partial charge in [-0.2, -0.15) is 0 Å². The maximum atomic E-state index is 11.2. The van der Waals surface area contributed by atoms with E-state index in [1.165, 1.54) is 6.26 Å². The van der Waals surface area contributed by atoms with Gasteiger partial charge in [-0.25, -0.2) is 8.42 Å². The largest absolute Gasteiger partial charge is 0.301 e. The van der Waals surface area contributed by atoms with Crippen LogP contribution in [0.1, 0.15) is 13.3 Å². The lowest BCUT2D eigenvalue weighted by Crippen LogP contribution is -2.41. The fourth-order valence-corrected chi connectivity index (χ4v) is 2.18. The maximum absolute atomic E-state index is 11.2. The summed E-state index contributed by atoms with van der Waals surface area (Å²) in [6.07, 6.45) is 1.80. The number of carbonyl (C=O) groups excluding carboxylic acids is 1. The minimum Gasteiger partial charge on any atom is -0.301 e. The summed E-state index contributed by atoms with van der Waals surface area (Å²) in [5.41, 5.74) is 0. The molecule has 1 rings (SSSR count). The van der Waals surface area contributed by atoms with Gasteiger partial charge in [0.25, 0.3) is 0 Å². The van der Waals surface area contributed by atoms with Crippen molar-refractivity contribution in [1.29, 1.82) is 0 Å². The van der Waals surface area contributed by atoms with E-state index in [-0.39, 0.29) is 11.7 Å². The van der Waals surface area contributed by atoms with Crippen molar-refractivity contribution in [2.45, 2.75) is 13.3 Å². The number of hydrogen-bond acceptors (Lipinski definition) is 4. The molecule has 1 unspecified atom stereocenters. The SMILES string of the molecule is CC1CN(CCS(C)(=O)=O)CCC1=O. The molecule has 1 heterocycles. The van der Waals surface area contributed by atoms with Crippen LogP contribution in [0.3, 0.4) is 0 Å². The van der Waals surface area contributed by atoms with Crippen LogP contribution < -0.4 is 0 Å². The molecule has 0 saturated carbocycles. The smallest absolute Gasteiger partial charge is 0.148 e. The molecule has 0 aromatic carbocycles. The molecule has 0 amide bonds. The molecule has 0 aromatic heterocycles. The van der Waals surface area contributed by atoms with E-state index in [9.17, 15) is 13.2 Å². The predicted octanol–water partition coefficient (Wildman–Crippen LogP) is -0.0581. The van der Waals surface area contributed by atoms with Crippen LogP contribution in [0.5, 0.6) is 0 Å². The molecule has 0 bridgehead atoms. The highest BCUT2D eigenvalue weighted by atomic mass is 32.2. The van der Waals surface area contributed by atoms with Gasteiger partial charge in [0.1, 0.15) is 15.6 Å². The molecule has 0 N–H and O–H groups in total. The van der Waals surface area contributed by atoms with Crippen molar-refractivity contribution in [3.8, 4) is 0 Å². The number of nitrogens with zero attached hydrogens (tertiary/aromatic N) is 1. The van der Waals surface area contributed by atoms with Gasteiger partial charge in [-0.1, -0.05) is 6.92 Å². The lowest BCUT2D eigenvalue weighted by Gasteiger charge is -2.29. The van der Waals surface area contributed by atoms with E-state index in [4.69, 9.17) is 0 Å². The first-order valence-electron chi connectivity index (χ1n) is 4.81. The van der Waals surface area contributed by atoms with Crippen molar-refractivity contribution < 1.29 is 13.2 Å². The number of Topliss-reactive ketones (excluding diaryl/α,β-unsaturated/α-hetero) is 1. The molecule has 5 heteroatoms. The van der Waals surface area contributed by atoms with Crippen molar-refractivity contribution in [2.75, 3.05) is 31.6 Å². The van der Waals surface area contributed by atoms with E-state index in [1.807, 2.05) is 11.8 Å². The minimum atomic E-state index is -2.88. The van der Waals surface area contributed by atoms with Crippen molar-refractivity contribution >= 4 is 15.6 Å². The van der Waals surface area contributed by atoms with Crippen molar-refractivity contribution in [3.63, 3.8) is 0 Å². The predicted molar refractivity (Wildman–Crippen MR) is 54.9 cm³/mol. The quantitative estimate of drug-likeness (QED) is 0.667. The van der Waals surface area contributed by atoms with Gasteiger partial charge in [0, 0.05) is 38.2 Å². The van der Waals surface area contributed by atoms with Gasteiger partial charge in [0.2, 0.25) is 0 Å². The topological polar surface area (TPSA) is 54.5 Å². The maximum Gasteiger partial charge on any atom is 0.148 e. The van der Waals surface area contributed by atoms with Crippen LogP contribution in [0.4, 0.5) is 0 Å². The van der Waals surface area contributed by atoms with E-state index in [0.717, 1.165) is 0 Å². The van der Waals surface area contributed by atoms with Gasteiger partial charge in [-0.05, 0) is 0 Å². The first kappa shape index (κ1) is 11.7.